The second kappa shape index (κ2) is 9.02. The van der Waals surface area contributed by atoms with Crippen LogP contribution in [0.25, 0.3) is 22.3 Å². The third kappa shape index (κ3) is 4.06. The van der Waals surface area contributed by atoms with Crippen LogP contribution in [0.4, 0.5) is 0 Å². The summed E-state index contributed by atoms with van der Waals surface area (Å²) in [6.45, 7) is 1.88. The number of carbonyl (C=O) groups excluding carboxylic acids is 1. The van der Waals surface area contributed by atoms with Crippen LogP contribution in [0.5, 0.6) is 17.2 Å². The molecule has 0 saturated carbocycles. The van der Waals surface area contributed by atoms with Gasteiger partial charge in [-0.15, -0.1) is 0 Å². The Morgan fingerprint density at radius 3 is 2.31 bits per heavy atom. The molecular weight excluding hydrogens is 450 g/mol. The first-order valence-electron chi connectivity index (χ1n) is 9.59. The van der Waals surface area contributed by atoms with Crippen LogP contribution in [0.3, 0.4) is 0 Å². The van der Waals surface area contributed by atoms with E-state index in [9.17, 15) is 4.79 Å². The number of ether oxygens (including phenoxy) is 3. The van der Waals surface area contributed by atoms with E-state index in [4.69, 9.17) is 25.8 Å². The number of halogens is 1. The standard InChI is InChI=1S/C23H20ClN3O4S/c1-13-26-27-21(20(25-23(27)32-13)15-6-8-16(24)9-7-15)17(28)10-5-14-11-18(29-2)22(31-4)19(12-14)30-3/h5-12H,1-4H3/b10-5+. The highest BCUT2D eigenvalue weighted by Crippen LogP contribution is 2.38. The quantitative estimate of drug-likeness (QED) is 0.268. The molecule has 9 heteroatoms. The van der Waals surface area contributed by atoms with Gasteiger partial charge in [0.25, 0.3) is 0 Å². The van der Waals surface area contributed by atoms with Crippen LogP contribution in [0, 0.1) is 6.92 Å². The van der Waals surface area contributed by atoms with E-state index in [0.717, 1.165) is 16.1 Å². The van der Waals surface area contributed by atoms with Crippen LogP contribution in [0.1, 0.15) is 21.1 Å². The largest absolute Gasteiger partial charge is 0.493 e. The highest BCUT2D eigenvalue weighted by Gasteiger charge is 2.22. The summed E-state index contributed by atoms with van der Waals surface area (Å²) in [5, 5.41) is 5.89. The molecule has 0 unspecified atom stereocenters. The number of imidazole rings is 1. The Labute approximate surface area is 193 Å². The summed E-state index contributed by atoms with van der Waals surface area (Å²) >= 11 is 7.45. The van der Waals surface area contributed by atoms with Gasteiger partial charge in [0.1, 0.15) is 16.4 Å². The molecule has 4 rings (SSSR count). The number of hydrogen-bond donors (Lipinski definition) is 0. The average Bonchev–Trinajstić information content (AvgIpc) is 3.32. The molecule has 0 aliphatic carbocycles. The Morgan fingerprint density at radius 1 is 1.06 bits per heavy atom. The molecule has 0 radical (unpaired) electrons. The lowest BCUT2D eigenvalue weighted by Gasteiger charge is -2.12. The van der Waals surface area contributed by atoms with Gasteiger partial charge in [-0.25, -0.2) is 4.98 Å². The summed E-state index contributed by atoms with van der Waals surface area (Å²) in [5.74, 6) is 1.26. The molecular formula is C23H20ClN3O4S. The molecule has 0 saturated heterocycles. The molecule has 0 bridgehead atoms. The Morgan fingerprint density at radius 2 is 1.72 bits per heavy atom. The maximum Gasteiger partial charge on any atom is 0.213 e. The average molecular weight is 470 g/mol. The molecule has 0 atom stereocenters. The lowest BCUT2D eigenvalue weighted by atomic mass is 10.1. The molecule has 0 aliphatic rings. The van der Waals surface area contributed by atoms with Gasteiger partial charge in [-0.1, -0.05) is 41.1 Å². The minimum Gasteiger partial charge on any atom is -0.493 e. The van der Waals surface area contributed by atoms with E-state index < -0.39 is 0 Å². The van der Waals surface area contributed by atoms with Crippen LogP contribution in [0.2, 0.25) is 5.02 Å². The van der Waals surface area contributed by atoms with Crippen molar-refractivity contribution in [3.05, 3.63) is 63.8 Å². The molecule has 2 heterocycles. The summed E-state index contributed by atoms with van der Waals surface area (Å²) in [6, 6.07) is 10.7. The molecule has 0 fully saturated rings. The van der Waals surface area contributed by atoms with Crippen LogP contribution < -0.4 is 14.2 Å². The summed E-state index contributed by atoms with van der Waals surface area (Å²) in [7, 11) is 4.63. The topological polar surface area (TPSA) is 75.0 Å². The second-order valence-electron chi connectivity index (χ2n) is 6.79. The monoisotopic (exact) mass is 469 g/mol. The Bertz CT molecular complexity index is 1300. The molecule has 2 aromatic heterocycles. The van der Waals surface area contributed by atoms with Gasteiger partial charge >= 0.3 is 0 Å². The molecule has 0 amide bonds. The van der Waals surface area contributed by atoms with Gasteiger partial charge in [-0.2, -0.15) is 9.61 Å². The van der Waals surface area contributed by atoms with Crippen molar-refractivity contribution in [1.29, 1.82) is 0 Å². The van der Waals surface area contributed by atoms with Crippen LogP contribution in [-0.2, 0) is 0 Å². The van der Waals surface area contributed by atoms with Crippen LogP contribution in [-0.4, -0.2) is 41.7 Å². The number of aromatic nitrogens is 3. The first-order chi connectivity index (χ1) is 15.4. The highest BCUT2D eigenvalue weighted by molar-refractivity contribution is 7.16. The third-order valence-corrected chi connectivity index (χ3v) is 5.85. The van der Waals surface area contributed by atoms with Crippen molar-refractivity contribution < 1.29 is 19.0 Å². The first kappa shape index (κ1) is 21.9. The van der Waals surface area contributed by atoms with Gasteiger partial charge in [0, 0.05) is 10.6 Å². The lowest BCUT2D eigenvalue weighted by Crippen LogP contribution is -2.03. The highest BCUT2D eigenvalue weighted by atomic mass is 35.5. The number of rotatable bonds is 7. The number of carbonyl (C=O) groups is 1. The number of benzene rings is 2. The molecule has 32 heavy (non-hydrogen) atoms. The SMILES string of the molecule is COc1cc(/C=C/C(=O)c2c(-c3ccc(Cl)cc3)nc3sc(C)nn23)cc(OC)c1OC. The summed E-state index contributed by atoms with van der Waals surface area (Å²) in [5.41, 5.74) is 2.45. The first-order valence-corrected chi connectivity index (χ1v) is 10.8. The Hall–Kier alpha value is -3.36. The third-order valence-electron chi connectivity index (χ3n) is 4.77. The van der Waals surface area contributed by atoms with Crippen molar-refractivity contribution in [3.63, 3.8) is 0 Å². The molecule has 164 valence electrons. The maximum absolute atomic E-state index is 13.3. The van der Waals surface area contributed by atoms with Crippen LogP contribution >= 0.6 is 22.9 Å². The number of nitrogens with zero attached hydrogens (tertiary/aromatic N) is 3. The molecule has 2 aromatic carbocycles. The van der Waals surface area contributed by atoms with Crippen LogP contribution in [0.15, 0.2) is 42.5 Å². The molecule has 0 N–H and O–H groups in total. The number of hydrogen-bond acceptors (Lipinski definition) is 7. The second-order valence-corrected chi connectivity index (χ2v) is 8.38. The number of allylic oxidation sites excluding steroid dienone is 1. The predicted molar refractivity (Wildman–Crippen MR) is 126 cm³/mol. The lowest BCUT2D eigenvalue weighted by molar-refractivity contribution is 0.104. The molecule has 4 aromatic rings. The minimum atomic E-state index is -0.235. The predicted octanol–water partition coefficient (Wildman–Crippen LogP) is 5.34. The van der Waals surface area contributed by atoms with E-state index >= 15 is 0 Å². The van der Waals surface area contributed by atoms with E-state index in [1.807, 2.05) is 19.1 Å². The molecule has 0 spiro atoms. The fourth-order valence-electron chi connectivity index (χ4n) is 3.32. The smallest absolute Gasteiger partial charge is 0.213 e. The van der Waals surface area contributed by atoms with E-state index in [2.05, 4.69) is 10.1 Å². The number of fused-ring (bicyclic) bond motifs is 1. The zero-order chi connectivity index (χ0) is 22.8. The summed E-state index contributed by atoms with van der Waals surface area (Å²) < 4.78 is 17.7. The number of methoxy groups -OCH3 is 3. The summed E-state index contributed by atoms with van der Waals surface area (Å²) in [4.78, 5) is 18.6. The van der Waals surface area contributed by atoms with Crippen molar-refractivity contribution in [1.82, 2.24) is 14.6 Å². The van der Waals surface area contributed by atoms with E-state index in [1.165, 1.54) is 17.4 Å². The van der Waals surface area contributed by atoms with Crippen molar-refractivity contribution in [2.75, 3.05) is 21.3 Å². The minimum absolute atomic E-state index is 0.235. The summed E-state index contributed by atoms with van der Waals surface area (Å²) in [6.07, 6.45) is 3.18. The molecule has 0 aliphatic heterocycles. The molecule has 7 nitrogen and oxygen atoms in total. The van der Waals surface area contributed by atoms with Crippen molar-refractivity contribution >= 4 is 39.8 Å². The van der Waals surface area contributed by atoms with Gasteiger partial charge in [0.15, 0.2) is 11.5 Å². The van der Waals surface area contributed by atoms with Crippen molar-refractivity contribution in [3.8, 4) is 28.5 Å². The van der Waals surface area contributed by atoms with E-state index in [-0.39, 0.29) is 5.78 Å². The van der Waals surface area contributed by atoms with Gasteiger partial charge in [0.05, 0.1) is 21.3 Å². The van der Waals surface area contributed by atoms with Gasteiger partial charge in [0.2, 0.25) is 16.5 Å². The number of aryl methyl sites for hydroxylation is 1. The fourth-order valence-corrected chi connectivity index (χ4v) is 4.19. The Kier molecular flexibility index (Phi) is 6.16. The zero-order valence-corrected chi connectivity index (χ0v) is 19.5. The van der Waals surface area contributed by atoms with E-state index in [1.54, 1.807) is 56.2 Å². The maximum atomic E-state index is 13.3. The fraction of sp³-hybridized carbons (Fsp3) is 0.174. The van der Waals surface area contributed by atoms with E-state index in [0.29, 0.717) is 38.6 Å². The normalized spacial score (nSPS) is 11.3. The number of ketones is 1. The van der Waals surface area contributed by atoms with Crippen molar-refractivity contribution in [2.24, 2.45) is 0 Å². The van der Waals surface area contributed by atoms with Gasteiger partial charge in [-0.05, 0) is 42.8 Å². The van der Waals surface area contributed by atoms with Gasteiger partial charge in [-0.3, -0.25) is 4.79 Å². The van der Waals surface area contributed by atoms with Crippen molar-refractivity contribution in [2.45, 2.75) is 6.92 Å². The zero-order valence-electron chi connectivity index (χ0n) is 17.9. The Balaban J connectivity index is 1.76. The van der Waals surface area contributed by atoms with Gasteiger partial charge < -0.3 is 14.2 Å².